The smallest absolute Gasteiger partial charge is 0.410 e. The van der Waals surface area contributed by atoms with Crippen molar-refractivity contribution in [3.63, 3.8) is 0 Å². The van der Waals surface area contributed by atoms with Gasteiger partial charge in [-0.15, -0.1) is 0 Å². The van der Waals surface area contributed by atoms with Gasteiger partial charge in [-0.2, -0.15) is 5.26 Å². The summed E-state index contributed by atoms with van der Waals surface area (Å²) in [6.45, 7) is 15.6. The van der Waals surface area contributed by atoms with Gasteiger partial charge in [0.2, 0.25) is 0 Å². The lowest BCUT2D eigenvalue weighted by Crippen LogP contribution is -2.50. The Morgan fingerprint density at radius 2 is 2.00 bits per heavy atom. The van der Waals surface area contributed by atoms with Crippen LogP contribution < -0.4 is 5.32 Å². The van der Waals surface area contributed by atoms with Gasteiger partial charge in [0.15, 0.2) is 0 Å². The average Bonchev–Trinajstić information content (AvgIpc) is 2.43. The molecule has 1 N–H and O–H groups in total. The largest absolute Gasteiger partial charge is 0.444 e. The summed E-state index contributed by atoms with van der Waals surface area (Å²) in [7, 11) is 0. The molecule has 1 saturated heterocycles. The molecular formula is C19H35N3O2. The van der Waals surface area contributed by atoms with E-state index in [2.05, 4.69) is 32.2 Å². The standard InChI is InChI=1S/C19H35N3O2/c1-17(2,3)24-16(23)22-12-8-10-19(6,15-22)14-21-13-18(4,5)9-7-11-20/h21H,7-10,12-15H2,1-6H3. The molecule has 1 atom stereocenters. The zero-order valence-electron chi connectivity index (χ0n) is 16.4. The second-order valence-corrected chi connectivity index (χ2v) is 9.24. The molecule has 0 radical (unpaired) electrons. The molecule has 0 spiro atoms. The van der Waals surface area contributed by atoms with Gasteiger partial charge >= 0.3 is 6.09 Å². The number of nitrogens with zero attached hydrogens (tertiary/aromatic N) is 2. The maximum absolute atomic E-state index is 12.3. The zero-order valence-corrected chi connectivity index (χ0v) is 16.4. The number of hydrogen-bond acceptors (Lipinski definition) is 4. The van der Waals surface area contributed by atoms with Crippen molar-refractivity contribution in [2.75, 3.05) is 26.2 Å². The molecule has 0 aromatic carbocycles. The third-order valence-electron chi connectivity index (χ3n) is 4.50. The lowest BCUT2D eigenvalue weighted by atomic mass is 9.81. The first kappa shape index (κ1) is 20.8. The number of likely N-dealkylation sites (tertiary alicyclic amines) is 1. The molecule has 1 heterocycles. The topological polar surface area (TPSA) is 65.4 Å². The van der Waals surface area contributed by atoms with Crippen molar-refractivity contribution in [1.29, 1.82) is 5.26 Å². The molecule has 0 saturated carbocycles. The first-order chi connectivity index (χ1) is 11.0. The van der Waals surface area contributed by atoms with E-state index in [4.69, 9.17) is 10.00 Å². The summed E-state index contributed by atoms with van der Waals surface area (Å²) in [4.78, 5) is 14.1. The quantitative estimate of drug-likeness (QED) is 0.797. The third kappa shape index (κ3) is 7.53. The second-order valence-electron chi connectivity index (χ2n) is 9.24. The van der Waals surface area contributed by atoms with Gasteiger partial charge in [0.1, 0.15) is 5.60 Å². The second kappa shape index (κ2) is 8.20. The number of piperidine rings is 1. The SMILES string of the molecule is CC(C)(CCC#N)CNCC1(C)CCCN(C(=O)OC(C)(C)C)C1. The fourth-order valence-electron chi connectivity index (χ4n) is 3.13. The van der Waals surface area contributed by atoms with Gasteiger partial charge < -0.3 is 15.0 Å². The Balaban J connectivity index is 2.50. The number of nitriles is 1. The number of amides is 1. The Hall–Kier alpha value is -1.28. The van der Waals surface area contributed by atoms with Crippen molar-refractivity contribution in [3.8, 4) is 6.07 Å². The first-order valence-corrected chi connectivity index (χ1v) is 9.02. The highest BCUT2D eigenvalue weighted by molar-refractivity contribution is 5.68. The van der Waals surface area contributed by atoms with Gasteiger partial charge in [-0.05, 0) is 50.9 Å². The monoisotopic (exact) mass is 337 g/mol. The summed E-state index contributed by atoms with van der Waals surface area (Å²) in [6.07, 6.45) is 3.41. The molecule has 1 amide bonds. The predicted octanol–water partition coefficient (Wildman–Crippen LogP) is 3.94. The first-order valence-electron chi connectivity index (χ1n) is 9.02. The normalized spacial score (nSPS) is 22.1. The highest BCUT2D eigenvalue weighted by Gasteiger charge is 2.35. The molecule has 138 valence electrons. The van der Waals surface area contributed by atoms with E-state index in [1.807, 2.05) is 25.7 Å². The van der Waals surface area contributed by atoms with Crippen LogP contribution in [0.25, 0.3) is 0 Å². The average molecular weight is 338 g/mol. The van der Waals surface area contributed by atoms with E-state index in [1.165, 1.54) is 0 Å². The number of ether oxygens (including phenoxy) is 1. The minimum Gasteiger partial charge on any atom is -0.444 e. The number of nitrogens with one attached hydrogen (secondary N) is 1. The Kier molecular flexibility index (Phi) is 7.10. The fourth-order valence-corrected chi connectivity index (χ4v) is 3.13. The molecule has 0 aromatic heterocycles. The van der Waals surface area contributed by atoms with Gasteiger partial charge in [-0.1, -0.05) is 20.8 Å². The molecule has 1 rings (SSSR count). The van der Waals surface area contributed by atoms with Gasteiger partial charge in [0, 0.05) is 32.6 Å². The zero-order chi connectivity index (χ0) is 18.4. The van der Waals surface area contributed by atoms with Crippen molar-refractivity contribution in [2.45, 2.75) is 72.8 Å². The molecule has 0 aliphatic carbocycles. The highest BCUT2D eigenvalue weighted by atomic mass is 16.6. The van der Waals surface area contributed by atoms with Gasteiger partial charge in [-0.25, -0.2) is 4.79 Å². The summed E-state index contributed by atoms with van der Waals surface area (Å²) in [5.41, 5.74) is -0.264. The van der Waals surface area contributed by atoms with Gasteiger partial charge in [-0.3, -0.25) is 0 Å². The lowest BCUT2D eigenvalue weighted by molar-refractivity contribution is 0.00651. The molecule has 1 unspecified atom stereocenters. The van der Waals surface area contributed by atoms with Crippen LogP contribution >= 0.6 is 0 Å². The van der Waals surface area contributed by atoms with Crippen LogP contribution in [-0.2, 0) is 4.74 Å². The minimum absolute atomic E-state index is 0.0699. The van der Waals surface area contributed by atoms with Crippen LogP contribution in [0.1, 0.15) is 67.2 Å². The van der Waals surface area contributed by atoms with Crippen LogP contribution in [0.2, 0.25) is 0 Å². The van der Waals surface area contributed by atoms with E-state index in [0.29, 0.717) is 6.42 Å². The fraction of sp³-hybridized carbons (Fsp3) is 0.895. The summed E-state index contributed by atoms with van der Waals surface area (Å²) in [5, 5.41) is 12.3. The number of carbonyl (C=O) groups excluding carboxylic acids is 1. The van der Waals surface area contributed by atoms with Crippen LogP contribution in [0.4, 0.5) is 4.79 Å². The van der Waals surface area contributed by atoms with Gasteiger partial charge in [0.05, 0.1) is 6.07 Å². The highest BCUT2D eigenvalue weighted by Crippen LogP contribution is 2.30. The molecule has 24 heavy (non-hydrogen) atoms. The van der Waals surface area contributed by atoms with Crippen molar-refractivity contribution in [3.05, 3.63) is 0 Å². The molecule has 5 heteroatoms. The summed E-state index contributed by atoms with van der Waals surface area (Å²) in [5.74, 6) is 0. The number of hydrogen-bond donors (Lipinski definition) is 1. The van der Waals surface area contributed by atoms with E-state index in [-0.39, 0.29) is 16.9 Å². The van der Waals surface area contributed by atoms with E-state index in [9.17, 15) is 4.79 Å². The summed E-state index contributed by atoms with van der Waals surface area (Å²) in [6, 6.07) is 2.22. The van der Waals surface area contributed by atoms with E-state index >= 15 is 0 Å². The molecular weight excluding hydrogens is 302 g/mol. The maximum atomic E-state index is 12.3. The predicted molar refractivity (Wildman–Crippen MR) is 96.6 cm³/mol. The van der Waals surface area contributed by atoms with Crippen molar-refractivity contribution < 1.29 is 9.53 Å². The van der Waals surface area contributed by atoms with Crippen LogP contribution in [0.15, 0.2) is 0 Å². The number of rotatable bonds is 6. The third-order valence-corrected chi connectivity index (χ3v) is 4.50. The van der Waals surface area contributed by atoms with Crippen LogP contribution in [0, 0.1) is 22.2 Å². The molecule has 5 nitrogen and oxygen atoms in total. The van der Waals surface area contributed by atoms with Crippen LogP contribution in [0.3, 0.4) is 0 Å². The number of carbonyl (C=O) groups is 1. The Morgan fingerprint density at radius 3 is 2.58 bits per heavy atom. The summed E-state index contributed by atoms with van der Waals surface area (Å²) >= 11 is 0. The molecule has 1 aliphatic heterocycles. The Morgan fingerprint density at radius 1 is 1.33 bits per heavy atom. The van der Waals surface area contributed by atoms with Crippen molar-refractivity contribution in [1.82, 2.24) is 10.2 Å². The van der Waals surface area contributed by atoms with E-state index in [0.717, 1.165) is 45.4 Å². The molecule has 0 bridgehead atoms. The van der Waals surface area contributed by atoms with Crippen LogP contribution in [-0.4, -0.2) is 42.8 Å². The Bertz CT molecular complexity index is 462. The summed E-state index contributed by atoms with van der Waals surface area (Å²) < 4.78 is 5.51. The van der Waals surface area contributed by atoms with E-state index in [1.54, 1.807) is 0 Å². The minimum atomic E-state index is -0.450. The Labute approximate surface area is 147 Å². The van der Waals surface area contributed by atoms with Crippen molar-refractivity contribution >= 4 is 6.09 Å². The molecule has 1 aliphatic rings. The van der Waals surface area contributed by atoms with Crippen LogP contribution in [0.5, 0.6) is 0 Å². The van der Waals surface area contributed by atoms with Crippen molar-refractivity contribution in [2.24, 2.45) is 10.8 Å². The maximum Gasteiger partial charge on any atom is 0.410 e. The lowest BCUT2D eigenvalue weighted by Gasteiger charge is -2.41. The molecule has 1 fully saturated rings. The van der Waals surface area contributed by atoms with E-state index < -0.39 is 5.60 Å². The molecule has 0 aromatic rings. The van der Waals surface area contributed by atoms with Gasteiger partial charge in [0.25, 0.3) is 0 Å².